The highest BCUT2D eigenvalue weighted by Crippen LogP contribution is 2.28. The number of benzene rings is 1. The average molecular weight is 281 g/mol. The van der Waals surface area contributed by atoms with E-state index >= 15 is 0 Å². The molecule has 1 fully saturated rings. The minimum atomic E-state index is -0.235. The second kappa shape index (κ2) is 7.60. The Balaban J connectivity index is 1.80. The van der Waals surface area contributed by atoms with Crippen molar-refractivity contribution < 1.29 is 13.9 Å². The molecule has 0 aliphatic heterocycles. The third-order valence-electron chi connectivity index (χ3n) is 3.50. The summed E-state index contributed by atoms with van der Waals surface area (Å²) < 4.78 is 24.8. The molecule has 0 aromatic heterocycles. The molecule has 20 heavy (non-hydrogen) atoms. The number of hydrogen-bond acceptors (Lipinski definition) is 3. The number of rotatable bonds is 9. The van der Waals surface area contributed by atoms with Gasteiger partial charge in [0.2, 0.25) is 0 Å². The van der Waals surface area contributed by atoms with Gasteiger partial charge in [-0.15, -0.1) is 0 Å². The summed E-state index contributed by atoms with van der Waals surface area (Å²) in [5, 5.41) is 3.28. The summed E-state index contributed by atoms with van der Waals surface area (Å²) in [4.78, 5) is 0. The second-order valence-corrected chi connectivity index (χ2v) is 5.44. The van der Waals surface area contributed by atoms with Gasteiger partial charge in [0.05, 0.1) is 6.61 Å². The maximum atomic E-state index is 14.0. The zero-order valence-electron chi connectivity index (χ0n) is 12.3. The van der Waals surface area contributed by atoms with Gasteiger partial charge in [-0.3, -0.25) is 0 Å². The van der Waals surface area contributed by atoms with Crippen molar-refractivity contribution in [2.45, 2.75) is 39.2 Å². The topological polar surface area (TPSA) is 30.5 Å². The van der Waals surface area contributed by atoms with Crippen LogP contribution in [0.1, 0.15) is 44.7 Å². The Kier molecular flexibility index (Phi) is 5.80. The van der Waals surface area contributed by atoms with Crippen LogP contribution in [-0.2, 0) is 4.74 Å². The first kappa shape index (κ1) is 15.3. The lowest BCUT2D eigenvalue weighted by Crippen LogP contribution is -2.20. The Labute approximate surface area is 120 Å². The van der Waals surface area contributed by atoms with Crippen molar-refractivity contribution in [2.24, 2.45) is 5.92 Å². The molecule has 0 radical (unpaired) electrons. The Bertz CT molecular complexity index is 421. The van der Waals surface area contributed by atoms with Crippen molar-refractivity contribution >= 4 is 0 Å². The van der Waals surface area contributed by atoms with E-state index in [0.29, 0.717) is 17.2 Å². The monoisotopic (exact) mass is 281 g/mol. The summed E-state index contributed by atoms with van der Waals surface area (Å²) in [5.74, 6) is 0.994. The Morgan fingerprint density at radius 2 is 2.20 bits per heavy atom. The standard InChI is InChI=1S/C16H24FNO2/c1-3-8-18-12(2)15-7-6-14(9-16(15)17)20-11-19-10-13-4-5-13/h6-7,9,12-13,18H,3-5,8,10-11H2,1-2H3. The van der Waals surface area contributed by atoms with Crippen LogP contribution in [-0.4, -0.2) is 19.9 Å². The predicted molar refractivity (Wildman–Crippen MR) is 77.3 cm³/mol. The number of nitrogens with one attached hydrogen (secondary N) is 1. The Hall–Kier alpha value is -1.13. The highest BCUT2D eigenvalue weighted by Gasteiger charge is 2.21. The molecular formula is C16H24FNO2. The molecule has 1 aromatic carbocycles. The lowest BCUT2D eigenvalue weighted by atomic mass is 10.1. The third-order valence-corrected chi connectivity index (χ3v) is 3.50. The molecule has 1 atom stereocenters. The van der Waals surface area contributed by atoms with E-state index in [-0.39, 0.29) is 18.7 Å². The van der Waals surface area contributed by atoms with Crippen molar-refractivity contribution in [2.75, 3.05) is 19.9 Å². The summed E-state index contributed by atoms with van der Waals surface area (Å²) in [7, 11) is 0. The van der Waals surface area contributed by atoms with Crippen LogP contribution in [0, 0.1) is 11.7 Å². The van der Waals surface area contributed by atoms with Gasteiger partial charge in [-0.25, -0.2) is 4.39 Å². The molecule has 1 aliphatic carbocycles. The molecule has 1 aromatic rings. The quantitative estimate of drug-likeness (QED) is 0.553. The predicted octanol–water partition coefficient (Wildman–Crippen LogP) is 3.65. The highest BCUT2D eigenvalue weighted by molar-refractivity contribution is 5.30. The van der Waals surface area contributed by atoms with E-state index in [2.05, 4.69) is 12.2 Å². The molecule has 0 amide bonds. The van der Waals surface area contributed by atoms with Gasteiger partial charge in [0, 0.05) is 17.7 Å². The van der Waals surface area contributed by atoms with Gasteiger partial charge in [-0.2, -0.15) is 0 Å². The van der Waals surface area contributed by atoms with E-state index in [1.54, 1.807) is 12.1 Å². The van der Waals surface area contributed by atoms with Crippen LogP contribution in [0.2, 0.25) is 0 Å². The Morgan fingerprint density at radius 3 is 2.85 bits per heavy atom. The molecule has 0 bridgehead atoms. The van der Waals surface area contributed by atoms with E-state index in [0.717, 1.165) is 19.6 Å². The number of halogens is 1. The third kappa shape index (κ3) is 4.76. The van der Waals surface area contributed by atoms with Crippen LogP contribution in [0.15, 0.2) is 18.2 Å². The van der Waals surface area contributed by atoms with E-state index in [9.17, 15) is 4.39 Å². The zero-order valence-corrected chi connectivity index (χ0v) is 12.3. The van der Waals surface area contributed by atoms with Gasteiger partial charge in [0.25, 0.3) is 0 Å². The molecule has 4 heteroatoms. The van der Waals surface area contributed by atoms with Gasteiger partial charge in [0.1, 0.15) is 11.6 Å². The van der Waals surface area contributed by atoms with E-state index in [4.69, 9.17) is 9.47 Å². The van der Waals surface area contributed by atoms with Gasteiger partial charge in [-0.05, 0) is 44.7 Å². The summed E-state index contributed by atoms with van der Waals surface area (Å²) in [5.41, 5.74) is 0.671. The van der Waals surface area contributed by atoms with Crippen LogP contribution in [0.25, 0.3) is 0 Å². The van der Waals surface area contributed by atoms with Crippen LogP contribution < -0.4 is 10.1 Å². The molecule has 1 saturated carbocycles. The van der Waals surface area contributed by atoms with Crippen LogP contribution in [0.5, 0.6) is 5.75 Å². The Morgan fingerprint density at radius 1 is 1.40 bits per heavy atom. The van der Waals surface area contributed by atoms with Crippen molar-refractivity contribution in [1.82, 2.24) is 5.32 Å². The SMILES string of the molecule is CCCNC(C)c1ccc(OCOCC2CC2)cc1F. The first-order valence-corrected chi connectivity index (χ1v) is 7.44. The van der Waals surface area contributed by atoms with Crippen molar-refractivity contribution in [3.63, 3.8) is 0 Å². The highest BCUT2D eigenvalue weighted by atomic mass is 19.1. The van der Waals surface area contributed by atoms with E-state index < -0.39 is 0 Å². The largest absolute Gasteiger partial charge is 0.467 e. The van der Waals surface area contributed by atoms with Gasteiger partial charge in [0.15, 0.2) is 6.79 Å². The molecule has 2 rings (SSSR count). The molecule has 1 aliphatic rings. The minimum absolute atomic E-state index is 0.00937. The summed E-state index contributed by atoms with van der Waals surface area (Å²) in [6.45, 7) is 5.88. The van der Waals surface area contributed by atoms with Crippen molar-refractivity contribution in [1.29, 1.82) is 0 Å². The first-order valence-electron chi connectivity index (χ1n) is 7.44. The second-order valence-electron chi connectivity index (χ2n) is 5.44. The lowest BCUT2D eigenvalue weighted by molar-refractivity contribution is 0.00981. The van der Waals surface area contributed by atoms with E-state index in [1.165, 1.54) is 18.9 Å². The maximum Gasteiger partial charge on any atom is 0.189 e. The zero-order chi connectivity index (χ0) is 14.4. The molecule has 112 valence electrons. The molecule has 3 nitrogen and oxygen atoms in total. The fourth-order valence-electron chi connectivity index (χ4n) is 2.03. The molecule has 0 spiro atoms. The maximum absolute atomic E-state index is 14.0. The van der Waals surface area contributed by atoms with E-state index in [1.807, 2.05) is 6.92 Å². The fraction of sp³-hybridized carbons (Fsp3) is 0.625. The van der Waals surface area contributed by atoms with Crippen molar-refractivity contribution in [3.8, 4) is 5.75 Å². The van der Waals surface area contributed by atoms with Crippen LogP contribution in [0.4, 0.5) is 4.39 Å². The van der Waals surface area contributed by atoms with Crippen LogP contribution >= 0.6 is 0 Å². The minimum Gasteiger partial charge on any atom is -0.467 e. The van der Waals surface area contributed by atoms with Crippen LogP contribution in [0.3, 0.4) is 0 Å². The number of hydrogen-bond donors (Lipinski definition) is 1. The average Bonchev–Trinajstić information content (AvgIpc) is 3.25. The molecule has 1 unspecified atom stereocenters. The fourth-order valence-corrected chi connectivity index (χ4v) is 2.03. The molecular weight excluding hydrogens is 257 g/mol. The van der Waals surface area contributed by atoms with Gasteiger partial charge < -0.3 is 14.8 Å². The smallest absolute Gasteiger partial charge is 0.189 e. The molecule has 1 N–H and O–H groups in total. The van der Waals surface area contributed by atoms with Crippen molar-refractivity contribution in [3.05, 3.63) is 29.6 Å². The normalized spacial score (nSPS) is 16.1. The summed E-state index contributed by atoms with van der Waals surface area (Å²) in [6.07, 6.45) is 3.55. The molecule has 0 saturated heterocycles. The summed E-state index contributed by atoms with van der Waals surface area (Å²) >= 11 is 0. The summed E-state index contributed by atoms with van der Waals surface area (Å²) in [6, 6.07) is 5.01. The number of ether oxygens (including phenoxy) is 2. The van der Waals surface area contributed by atoms with Gasteiger partial charge >= 0.3 is 0 Å². The lowest BCUT2D eigenvalue weighted by Gasteiger charge is -2.15. The first-order chi connectivity index (χ1) is 9.70. The molecule has 0 heterocycles. The van der Waals surface area contributed by atoms with Gasteiger partial charge in [-0.1, -0.05) is 13.0 Å².